The van der Waals surface area contributed by atoms with Crippen LogP contribution in [0.25, 0.3) is 0 Å². The van der Waals surface area contributed by atoms with Gasteiger partial charge in [-0.25, -0.2) is 0 Å². The van der Waals surface area contributed by atoms with E-state index in [0.717, 1.165) is 25.9 Å². The topological polar surface area (TPSA) is 18.5 Å². The minimum atomic E-state index is -1.36. The Kier molecular flexibility index (Phi) is 2.27. The van der Waals surface area contributed by atoms with Crippen LogP contribution >= 0.6 is 0 Å². The zero-order valence-electron chi connectivity index (χ0n) is 6.14. The van der Waals surface area contributed by atoms with Gasteiger partial charge in [-0.2, -0.15) is 0 Å². The van der Waals surface area contributed by atoms with E-state index in [0.29, 0.717) is 0 Å². The van der Waals surface area contributed by atoms with Gasteiger partial charge in [0, 0.05) is 13.2 Å². The number of hydrogen-bond acceptors (Lipinski definition) is 2. The molecule has 2 nitrogen and oxygen atoms in total. The first-order chi connectivity index (χ1) is 4.21. The zero-order chi connectivity index (χ0) is 6.74. The van der Waals surface area contributed by atoms with Gasteiger partial charge in [-0.3, -0.25) is 0 Å². The molecule has 1 aliphatic rings. The lowest BCUT2D eigenvalue weighted by Crippen LogP contribution is -2.35. The Bertz CT molecular complexity index is 83.1. The Morgan fingerprint density at radius 3 is 2.78 bits per heavy atom. The fourth-order valence-electron chi connectivity index (χ4n) is 0.869. The summed E-state index contributed by atoms with van der Waals surface area (Å²) < 4.78 is 11.0. The van der Waals surface area contributed by atoms with Crippen molar-refractivity contribution in [2.24, 2.45) is 0 Å². The molecule has 54 valence electrons. The van der Waals surface area contributed by atoms with Crippen LogP contribution in [0.4, 0.5) is 0 Å². The van der Waals surface area contributed by atoms with Gasteiger partial charge in [-0.15, -0.1) is 0 Å². The molecule has 0 atom stereocenters. The van der Waals surface area contributed by atoms with Gasteiger partial charge >= 0.3 is 0 Å². The van der Waals surface area contributed by atoms with E-state index in [1.54, 1.807) is 0 Å². The van der Waals surface area contributed by atoms with Crippen LogP contribution in [0.5, 0.6) is 0 Å². The second-order valence-corrected chi connectivity index (χ2v) is 7.11. The van der Waals surface area contributed by atoms with Crippen LogP contribution in [0.1, 0.15) is 6.42 Å². The van der Waals surface area contributed by atoms with Crippen LogP contribution in [0.15, 0.2) is 0 Å². The van der Waals surface area contributed by atoms with E-state index >= 15 is 0 Å². The van der Waals surface area contributed by atoms with Crippen molar-refractivity contribution in [3.63, 3.8) is 0 Å². The molecule has 0 aromatic rings. The van der Waals surface area contributed by atoms with Crippen LogP contribution in [0.3, 0.4) is 0 Å². The van der Waals surface area contributed by atoms with E-state index < -0.39 is 8.32 Å². The molecule has 0 aromatic carbocycles. The maximum Gasteiger partial charge on any atom is 0.211 e. The third-order valence-electron chi connectivity index (χ3n) is 1.38. The average molecular weight is 146 g/mol. The Balaban J connectivity index is 2.36. The lowest BCUT2D eigenvalue weighted by atomic mass is 10.5. The van der Waals surface area contributed by atoms with E-state index in [4.69, 9.17) is 9.16 Å². The van der Waals surface area contributed by atoms with Crippen molar-refractivity contribution in [2.75, 3.05) is 19.4 Å². The summed E-state index contributed by atoms with van der Waals surface area (Å²) >= 11 is 0. The van der Waals surface area contributed by atoms with Crippen LogP contribution in [0.2, 0.25) is 13.1 Å². The normalized spacial score (nSPS) is 27.3. The summed E-state index contributed by atoms with van der Waals surface area (Å²) in [4.78, 5) is 0. The first kappa shape index (κ1) is 7.25. The second kappa shape index (κ2) is 2.81. The summed E-state index contributed by atoms with van der Waals surface area (Å²) in [6.45, 7) is 6.17. The lowest BCUT2D eigenvalue weighted by molar-refractivity contribution is 0.177. The maximum absolute atomic E-state index is 5.60. The highest BCUT2D eigenvalue weighted by atomic mass is 28.4. The van der Waals surface area contributed by atoms with Crippen LogP contribution < -0.4 is 0 Å². The second-order valence-electron chi connectivity index (χ2n) is 3.01. The van der Waals surface area contributed by atoms with Crippen molar-refractivity contribution >= 4 is 8.32 Å². The van der Waals surface area contributed by atoms with Gasteiger partial charge in [-0.1, -0.05) is 0 Å². The lowest BCUT2D eigenvalue weighted by Gasteiger charge is -2.17. The molecule has 1 aliphatic heterocycles. The molecule has 0 radical (unpaired) electrons. The van der Waals surface area contributed by atoms with Gasteiger partial charge in [0.2, 0.25) is 8.32 Å². The smallest absolute Gasteiger partial charge is 0.211 e. The van der Waals surface area contributed by atoms with E-state index in [1.807, 2.05) is 0 Å². The van der Waals surface area contributed by atoms with Crippen molar-refractivity contribution in [1.82, 2.24) is 0 Å². The molecule has 0 N–H and O–H groups in total. The first-order valence-corrected chi connectivity index (χ1v) is 6.54. The third kappa shape index (κ3) is 2.47. The summed E-state index contributed by atoms with van der Waals surface area (Å²) in [5.41, 5.74) is 0. The summed E-state index contributed by atoms with van der Waals surface area (Å²) in [5, 5.41) is 0. The van der Waals surface area contributed by atoms with E-state index in [-0.39, 0.29) is 0 Å². The molecule has 1 saturated heterocycles. The summed E-state index contributed by atoms with van der Waals surface area (Å²) in [6, 6.07) is 0. The fourth-order valence-corrected chi connectivity index (χ4v) is 2.29. The molecule has 0 unspecified atom stereocenters. The van der Waals surface area contributed by atoms with Crippen molar-refractivity contribution in [3.05, 3.63) is 0 Å². The first-order valence-electron chi connectivity index (χ1n) is 3.42. The minimum absolute atomic E-state index is 0.868. The Morgan fingerprint density at radius 2 is 2.00 bits per heavy atom. The molecule has 1 fully saturated rings. The molecule has 0 aromatic heterocycles. The number of ether oxygens (including phenoxy) is 1. The van der Waals surface area contributed by atoms with E-state index in [2.05, 4.69) is 13.1 Å². The molecule has 0 bridgehead atoms. The van der Waals surface area contributed by atoms with E-state index in [1.165, 1.54) is 0 Å². The predicted molar refractivity (Wildman–Crippen MR) is 38.9 cm³/mol. The average Bonchev–Trinajstić information content (AvgIpc) is 1.92. The van der Waals surface area contributed by atoms with E-state index in [9.17, 15) is 0 Å². The monoisotopic (exact) mass is 146 g/mol. The molecule has 0 aliphatic carbocycles. The highest BCUT2D eigenvalue weighted by molar-refractivity contribution is 6.71. The summed E-state index contributed by atoms with van der Waals surface area (Å²) in [5.74, 6) is 0. The highest BCUT2D eigenvalue weighted by Gasteiger charge is 2.24. The molecule has 3 heteroatoms. The molecule has 1 rings (SSSR count). The van der Waals surface area contributed by atoms with Gasteiger partial charge < -0.3 is 9.16 Å². The van der Waals surface area contributed by atoms with Crippen LogP contribution in [-0.2, 0) is 9.16 Å². The molecule has 0 spiro atoms. The van der Waals surface area contributed by atoms with Crippen molar-refractivity contribution in [3.8, 4) is 0 Å². The van der Waals surface area contributed by atoms with Crippen molar-refractivity contribution in [2.45, 2.75) is 19.5 Å². The molecule has 0 amide bonds. The highest BCUT2D eigenvalue weighted by Crippen LogP contribution is 2.08. The predicted octanol–water partition coefficient (Wildman–Crippen LogP) is 1.17. The van der Waals surface area contributed by atoms with Crippen LogP contribution in [0, 0.1) is 0 Å². The third-order valence-corrected chi connectivity index (χ3v) is 3.26. The fraction of sp³-hybridized carbons (Fsp3) is 1.00. The quantitative estimate of drug-likeness (QED) is 0.478. The molecular weight excluding hydrogens is 132 g/mol. The Morgan fingerprint density at radius 1 is 1.22 bits per heavy atom. The Hall–Kier alpha value is 0.137. The number of hydrogen-bond donors (Lipinski definition) is 0. The van der Waals surface area contributed by atoms with Crippen LogP contribution in [-0.4, -0.2) is 27.8 Å². The Labute approximate surface area is 57.3 Å². The van der Waals surface area contributed by atoms with Gasteiger partial charge in [0.25, 0.3) is 0 Å². The number of rotatable bonds is 0. The standard InChI is InChI=1S/C6H14O2Si/c1-9(2)6-7-4-3-5-8-9/h3-6H2,1-2H3. The molecule has 9 heavy (non-hydrogen) atoms. The SMILES string of the molecule is C[Si]1(C)COCCCO1. The molecule has 1 heterocycles. The minimum Gasteiger partial charge on any atom is -0.415 e. The van der Waals surface area contributed by atoms with Gasteiger partial charge in [0.15, 0.2) is 0 Å². The van der Waals surface area contributed by atoms with Crippen molar-refractivity contribution in [1.29, 1.82) is 0 Å². The van der Waals surface area contributed by atoms with Gasteiger partial charge in [0.05, 0.1) is 6.23 Å². The summed E-state index contributed by atoms with van der Waals surface area (Å²) in [6.07, 6.45) is 1.93. The van der Waals surface area contributed by atoms with Gasteiger partial charge in [0.1, 0.15) is 0 Å². The largest absolute Gasteiger partial charge is 0.415 e. The van der Waals surface area contributed by atoms with Crippen molar-refractivity contribution < 1.29 is 9.16 Å². The maximum atomic E-state index is 5.60. The molecule has 0 saturated carbocycles. The summed E-state index contributed by atoms with van der Waals surface area (Å²) in [7, 11) is -1.36. The van der Waals surface area contributed by atoms with Gasteiger partial charge in [-0.05, 0) is 19.5 Å². The molecular formula is C6H14O2Si. The zero-order valence-corrected chi connectivity index (χ0v) is 7.14.